The Kier molecular flexibility index (Phi) is 8.95. The smallest absolute Gasteiger partial charge is 0.315 e. The fourth-order valence-corrected chi connectivity index (χ4v) is 1.52. The lowest BCUT2D eigenvalue weighted by Crippen LogP contribution is -2.43. The summed E-state index contributed by atoms with van der Waals surface area (Å²) in [5, 5.41) is 14.3. The second-order valence-corrected chi connectivity index (χ2v) is 4.97. The van der Waals surface area contributed by atoms with E-state index in [-0.39, 0.29) is 24.1 Å². The first-order valence-corrected chi connectivity index (χ1v) is 6.66. The van der Waals surface area contributed by atoms with Crippen molar-refractivity contribution in [3.05, 3.63) is 0 Å². The minimum atomic E-state index is -0.771. The maximum atomic E-state index is 11.5. The van der Waals surface area contributed by atoms with E-state index in [9.17, 15) is 9.59 Å². The number of rotatable bonds is 9. The van der Waals surface area contributed by atoms with Crippen LogP contribution in [-0.2, 0) is 9.53 Å². The number of carboxylic acids is 1. The van der Waals surface area contributed by atoms with Crippen molar-refractivity contribution in [3.63, 3.8) is 0 Å². The number of carbonyl (C=O) groups is 2. The highest BCUT2D eigenvalue weighted by atomic mass is 16.5. The first-order chi connectivity index (χ1) is 8.86. The largest absolute Gasteiger partial charge is 0.481 e. The highest BCUT2D eigenvalue weighted by Crippen LogP contribution is 2.09. The molecule has 3 atom stereocenters. The van der Waals surface area contributed by atoms with Crippen molar-refractivity contribution < 1.29 is 19.4 Å². The predicted molar refractivity (Wildman–Crippen MR) is 73.1 cm³/mol. The Bertz CT molecular complexity index is 284. The summed E-state index contributed by atoms with van der Waals surface area (Å²) in [6, 6.07) is -0.193. The van der Waals surface area contributed by atoms with E-state index in [0.29, 0.717) is 13.0 Å². The van der Waals surface area contributed by atoms with E-state index in [1.54, 1.807) is 14.0 Å². The second-order valence-electron chi connectivity index (χ2n) is 4.97. The van der Waals surface area contributed by atoms with Crippen molar-refractivity contribution in [2.45, 2.75) is 52.2 Å². The number of ether oxygens (including phenoxy) is 1. The molecule has 2 amide bonds. The van der Waals surface area contributed by atoms with Gasteiger partial charge in [0.05, 0.1) is 12.0 Å². The van der Waals surface area contributed by atoms with E-state index in [0.717, 1.165) is 12.8 Å². The van der Waals surface area contributed by atoms with Crippen molar-refractivity contribution in [3.8, 4) is 0 Å². The minimum Gasteiger partial charge on any atom is -0.481 e. The highest BCUT2D eigenvalue weighted by molar-refractivity contribution is 5.74. The van der Waals surface area contributed by atoms with Crippen LogP contribution in [-0.4, -0.2) is 42.9 Å². The minimum absolute atomic E-state index is 0.0162. The molecule has 3 N–H and O–H groups in total. The molecular formula is C13H26N2O4. The Morgan fingerprint density at radius 2 is 1.84 bits per heavy atom. The van der Waals surface area contributed by atoms with E-state index >= 15 is 0 Å². The second kappa shape index (κ2) is 9.61. The number of amides is 2. The molecule has 0 saturated carbocycles. The normalized spacial score (nSPS) is 15.4. The molecule has 0 saturated heterocycles. The van der Waals surface area contributed by atoms with Crippen LogP contribution in [0.4, 0.5) is 4.79 Å². The summed E-state index contributed by atoms with van der Waals surface area (Å²) in [5.74, 6) is -1.10. The van der Waals surface area contributed by atoms with Crippen LogP contribution in [0.1, 0.15) is 40.0 Å². The van der Waals surface area contributed by atoms with Crippen LogP contribution in [0.3, 0.4) is 0 Å². The van der Waals surface area contributed by atoms with Crippen molar-refractivity contribution in [1.29, 1.82) is 0 Å². The SMILES string of the molecule is COC(C)CNC(=O)NC(C)CCCC(C)C(=O)O. The van der Waals surface area contributed by atoms with E-state index in [1.807, 2.05) is 13.8 Å². The molecule has 0 aliphatic heterocycles. The predicted octanol–water partition coefficient (Wildman–Crippen LogP) is 1.60. The van der Waals surface area contributed by atoms with Crippen molar-refractivity contribution in [2.75, 3.05) is 13.7 Å². The molecule has 0 aromatic rings. The Morgan fingerprint density at radius 1 is 1.21 bits per heavy atom. The lowest BCUT2D eigenvalue weighted by Gasteiger charge is -2.16. The van der Waals surface area contributed by atoms with Gasteiger partial charge < -0.3 is 20.5 Å². The van der Waals surface area contributed by atoms with Gasteiger partial charge in [-0.1, -0.05) is 13.3 Å². The summed E-state index contributed by atoms with van der Waals surface area (Å²) in [6.07, 6.45) is 2.16. The van der Waals surface area contributed by atoms with E-state index < -0.39 is 5.97 Å². The lowest BCUT2D eigenvalue weighted by molar-refractivity contribution is -0.141. The number of aliphatic carboxylic acids is 1. The fourth-order valence-electron chi connectivity index (χ4n) is 1.52. The summed E-state index contributed by atoms with van der Waals surface area (Å²) < 4.78 is 5.02. The van der Waals surface area contributed by atoms with Crippen LogP contribution in [0, 0.1) is 5.92 Å². The fraction of sp³-hybridized carbons (Fsp3) is 0.846. The molecule has 3 unspecified atom stereocenters. The maximum Gasteiger partial charge on any atom is 0.315 e. The summed E-state index contributed by atoms with van der Waals surface area (Å²) in [5.41, 5.74) is 0. The molecule has 0 aromatic carbocycles. The van der Waals surface area contributed by atoms with Crippen molar-refractivity contribution in [2.24, 2.45) is 5.92 Å². The molecule has 6 heteroatoms. The number of nitrogens with one attached hydrogen (secondary N) is 2. The molecule has 112 valence electrons. The van der Waals surface area contributed by atoms with Crippen LogP contribution in [0.2, 0.25) is 0 Å². The van der Waals surface area contributed by atoms with E-state index in [2.05, 4.69) is 10.6 Å². The van der Waals surface area contributed by atoms with Gasteiger partial charge in [-0.15, -0.1) is 0 Å². The molecular weight excluding hydrogens is 248 g/mol. The van der Waals surface area contributed by atoms with Gasteiger partial charge in [0.1, 0.15) is 0 Å². The van der Waals surface area contributed by atoms with E-state index in [4.69, 9.17) is 9.84 Å². The first-order valence-electron chi connectivity index (χ1n) is 6.66. The Hall–Kier alpha value is -1.30. The van der Waals surface area contributed by atoms with Gasteiger partial charge in [0.15, 0.2) is 0 Å². The summed E-state index contributed by atoms with van der Waals surface area (Å²) in [6.45, 7) is 5.94. The van der Waals surface area contributed by atoms with Gasteiger partial charge in [-0.2, -0.15) is 0 Å². The Morgan fingerprint density at radius 3 is 2.37 bits per heavy atom. The first kappa shape index (κ1) is 17.7. The Labute approximate surface area is 114 Å². The average Bonchev–Trinajstić information content (AvgIpc) is 2.35. The molecule has 0 aromatic heterocycles. The van der Waals surface area contributed by atoms with Gasteiger partial charge in [-0.25, -0.2) is 4.79 Å². The number of methoxy groups -OCH3 is 1. The molecule has 6 nitrogen and oxygen atoms in total. The molecule has 0 spiro atoms. The van der Waals surface area contributed by atoms with Crippen molar-refractivity contribution >= 4 is 12.0 Å². The summed E-state index contributed by atoms with van der Waals surface area (Å²) >= 11 is 0. The number of carboxylic acid groups (broad SMARTS) is 1. The molecule has 0 aliphatic carbocycles. The molecule has 0 aliphatic rings. The number of carbonyl (C=O) groups excluding carboxylic acids is 1. The molecule has 0 fully saturated rings. The van der Waals surface area contributed by atoms with Crippen LogP contribution < -0.4 is 10.6 Å². The van der Waals surface area contributed by atoms with Gasteiger partial charge in [-0.3, -0.25) is 4.79 Å². The topological polar surface area (TPSA) is 87.7 Å². The van der Waals surface area contributed by atoms with Gasteiger partial charge in [0.25, 0.3) is 0 Å². The third kappa shape index (κ3) is 9.30. The standard InChI is InChI=1S/C13H26N2O4/c1-9(12(16)17)6-5-7-10(2)15-13(18)14-8-11(3)19-4/h9-11H,5-8H2,1-4H3,(H,16,17)(H2,14,15,18). The average molecular weight is 274 g/mol. The number of urea groups is 1. The van der Waals surface area contributed by atoms with Crippen LogP contribution in [0.15, 0.2) is 0 Å². The monoisotopic (exact) mass is 274 g/mol. The van der Waals surface area contributed by atoms with Gasteiger partial charge in [0.2, 0.25) is 0 Å². The zero-order valence-electron chi connectivity index (χ0n) is 12.2. The number of hydrogen-bond donors (Lipinski definition) is 3. The quantitative estimate of drug-likeness (QED) is 0.596. The van der Waals surface area contributed by atoms with Crippen molar-refractivity contribution in [1.82, 2.24) is 10.6 Å². The molecule has 0 rings (SSSR count). The third-order valence-corrected chi connectivity index (χ3v) is 3.03. The molecule has 19 heavy (non-hydrogen) atoms. The van der Waals surface area contributed by atoms with Gasteiger partial charge in [0, 0.05) is 19.7 Å². The molecule has 0 radical (unpaired) electrons. The zero-order chi connectivity index (χ0) is 14.8. The third-order valence-electron chi connectivity index (χ3n) is 3.03. The maximum absolute atomic E-state index is 11.5. The highest BCUT2D eigenvalue weighted by Gasteiger charge is 2.12. The van der Waals surface area contributed by atoms with Gasteiger partial charge in [-0.05, 0) is 26.7 Å². The van der Waals surface area contributed by atoms with E-state index in [1.165, 1.54) is 0 Å². The number of hydrogen-bond acceptors (Lipinski definition) is 3. The summed E-state index contributed by atoms with van der Waals surface area (Å²) in [7, 11) is 1.59. The van der Waals surface area contributed by atoms with Gasteiger partial charge >= 0.3 is 12.0 Å². The molecule has 0 heterocycles. The molecule has 0 bridgehead atoms. The van der Waals surface area contributed by atoms with Crippen LogP contribution in [0.25, 0.3) is 0 Å². The van der Waals surface area contributed by atoms with Crippen LogP contribution >= 0.6 is 0 Å². The summed E-state index contributed by atoms with van der Waals surface area (Å²) in [4.78, 5) is 22.1. The lowest BCUT2D eigenvalue weighted by atomic mass is 10.0. The van der Waals surface area contributed by atoms with Crippen LogP contribution in [0.5, 0.6) is 0 Å². The zero-order valence-corrected chi connectivity index (χ0v) is 12.2. The Balaban J connectivity index is 3.70.